The fourth-order valence-corrected chi connectivity index (χ4v) is 3.16. The number of H-pyrrole nitrogens is 1. The van der Waals surface area contributed by atoms with E-state index in [-0.39, 0.29) is 17.1 Å². The van der Waals surface area contributed by atoms with Gasteiger partial charge in [-0.05, 0) is 37.8 Å². The molecule has 0 bridgehead atoms. The number of nitrogens with one attached hydrogen (secondary N) is 1. The number of nitrogens with zero attached hydrogens (tertiary/aromatic N) is 3. The predicted octanol–water partition coefficient (Wildman–Crippen LogP) is 2.14. The highest BCUT2D eigenvalue weighted by atomic mass is 35.5. The molecule has 0 radical (unpaired) electrons. The summed E-state index contributed by atoms with van der Waals surface area (Å²) in [7, 11) is 0. The number of primary amides is 1. The average molecular weight is 355 g/mol. The second-order valence-electron chi connectivity index (χ2n) is 6.05. The Morgan fingerprint density at radius 2 is 2.16 bits per heavy atom. The zero-order valence-corrected chi connectivity index (χ0v) is 14.2. The van der Waals surface area contributed by atoms with E-state index in [1.807, 2.05) is 19.1 Å². The zero-order chi connectivity index (χ0) is 17.7. The van der Waals surface area contributed by atoms with Gasteiger partial charge in [0, 0.05) is 11.6 Å². The molecule has 0 saturated heterocycles. The number of fused-ring (bicyclic) bond motifs is 1. The molecule has 1 aliphatic carbocycles. The fourth-order valence-electron chi connectivity index (χ4n) is 2.95. The SMILES string of the molecule is Cc1nc2cc(C#Cc3[nH]nc(N)c3C(N)=O)c(Cl)cc2n1C1CC1. The van der Waals surface area contributed by atoms with Crippen molar-refractivity contribution in [3.63, 3.8) is 0 Å². The maximum absolute atomic E-state index is 11.4. The van der Waals surface area contributed by atoms with Gasteiger partial charge in [-0.3, -0.25) is 9.89 Å². The van der Waals surface area contributed by atoms with E-state index in [1.54, 1.807) is 0 Å². The molecule has 5 N–H and O–H groups in total. The van der Waals surface area contributed by atoms with Crippen molar-refractivity contribution in [2.24, 2.45) is 5.73 Å². The number of carbonyl (C=O) groups excluding carboxylic acids is 1. The summed E-state index contributed by atoms with van der Waals surface area (Å²) >= 11 is 6.40. The van der Waals surface area contributed by atoms with Gasteiger partial charge in [0.25, 0.3) is 5.91 Å². The number of carbonyl (C=O) groups is 1. The highest BCUT2D eigenvalue weighted by Gasteiger charge is 2.27. The third-order valence-electron chi connectivity index (χ3n) is 4.23. The molecule has 1 aromatic carbocycles. The molecule has 3 aromatic rings. The van der Waals surface area contributed by atoms with E-state index in [2.05, 4.69) is 31.6 Å². The Morgan fingerprint density at radius 3 is 2.84 bits per heavy atom. The summed E-state index contributed by atoms with van der Waals surface area (Å²) in [5, 5.41) is 6.89. The Hall–Kier alpha value is -2.98. The number of hydrogen-bond acceptors (Lipinski definition) is 4. The quantitative estimate of drug-likeness (QED) is 0.611. The van der Waals surface area contributed by atoms with Gasteiger partial charge < -0.3 is 16.0 Å². The Balaban J connectivity index is 1.79. The van der Waals surface area contributed by atoms with Gasteiger partial charge in [-0.2, -0.15) is 5.10 Å². The number of amides is 1. The van der Waals surface area contributed by atoms with Crippen molar-refractivity contribution >= 4 is 34.4 Å². The van der Waals surface area contributed by atoms with Crippen molar-refractivity contribution in [2.45, 2.75) is 25.8 Å². The minimum absolute atomic E-state index is 0.0251. The molecule has 1 aliphatic rings. The van der Waals surface area contributed by atoms with Gasteiger partial charge in [0.15, 0.2) is 5.82 Å². The number of halogens is 1. The number of imidazole rings is 1. The molecule has 1 amide bonds. The second-order valence-corrected chi connectivity index (χ2v) is 6.46. The second kappa shape index (κ2) is 5.53. The molecule has 1 fully saturated rings. The van der Waals surface area contributed by atoms with Crippen LogP contribution >= 0.6 is 11.6 Å². The normalized spacial score (nSPS) is 13.7. The Bertz CT molecular complexity index is 1080. The van der Waals surface area contributed by atoms with E-state index in [4.69, 9.17) is 23.1 Å². The summed E-state index contributed by atoms with van der Waals surface area (Å²) in [4.78, 5) is 16.0. The largest absolute Gasteiger partial charge is 0.382 e. The maximum Gasteiger partial charge on any atom is 0.255 e. The van der Waals surface area contributed by atoms with Crippen LogP contribution in [0.25, 0.3) is 11.0 Å². The average Bonchev–Trinajstić information content (AvgIpc) is 3.23. The first-order valence-electron chi connectivity index (χ1n) is 7.79. The minimum atomic E-state index is -0.684. The molecule has 0 aliphatic heterocycles. The van der Waals surface area contributed by atoms with Gasteiger partial charge in [-0.1, -0.05) is 17.5 Å². The van der Waals surface area contributed by atoms with E-state index in [0.717, 1.165) is 16.9 Å². The molecule has 7 nitrogen and oxygen atoms in total. The van der Waals surface area contributed by atoms with E-state index in [1.165, 1.54) is 12.8 Å². The highest BCUT2D eigenvalue weighted by Crippen LogP contribution is 2.39. The third kappa shape index (κ3) is 2.61. The number of nitrogen functional groups attached to an aromatic ring is 1. The van der Waals surface area contributed by atoms with Crippen LogP contribution in [0.3, 0.4) is 0 Å². The van der Waals surface area contributed by atoms with Crippen LogP contribution in [0.15, 0.2) is 12.1 Å². The summed E-state index contributed by atoms with van der Waals surface area (Å²) in [5.74, 6) is 6.07. The van der Waals surface area contributed by atoms with Crippen LogP contribution in [0.4, 0.5) is 5.82 Å². The monoisotopic (exact) mass is 354 g/mol. The molecule has 126 valence electrons. The summed E-state index contributed by atoms with van der Waals surface area (Å²) in [6.07, 6.45) is 2.34. The van der Waals surface area contributed by atoms with Crippen LogP contribution in [0.5, 0.6) is 0 Å². The molecule has 25 heavy (non-hydrogen) atoms. The number of anilines is 1. The van der Waals surface area contributed by atoms with Gasteiger partial charge in [-0.15, -0.1) is 0 Å². The maximum atomic E-state index is 11.4. The summed E-state index contributed by atoms with van der Waals surface area (Å²) < 4.78 is 2.22. The molecule has 0 spiro atoms. The van der Waals surface area contributed by atoms with Crippen molar-refractivity contribution in [1.82, 2.24) is 19.7 Å². The summed E-state index contributed by atoms with van der Waals surface area (Å²) in [6, 6.07) is 4.25. The van der Waals surface area contributed by atoms with E-state index in [0.29, 0.717) is 16.6 Å². The zero-order valence-electron chi connectivity index (χ0n) is 13.4. The third-order valence-corrected chi connectivity index (χ3v) is 4.54. The van der Waals surface area contributed by atoms with Crippen LogP contribution in [0.2, 0.25) is 5.02 Å². The molecule has 4 rings (SSSR count). The van der Waals surface area contributed by atoms with Crippen molar-refractivity contribution in [3.05, 3.63) is 39.8 Å². The molecular formula is C17H15ClN6O. The van der Waals surface area contributed by atoms with Gasteiger partial charge >= 0.3 is 0 Å². The molecule has 8 heteroatoms. The van der Waals surface area contributed by atoms with Gasteiger partial charge in [0.05, 0.1) is 16.1 Å². The van der Waals surface area contributed by atoms with E-state index >= 15 is 0 Å². The first-order valence-corrected chi connectivity index (χ1v) is 8.17. The molecular weight excluding hydrogens is 340 g/mol. The van der Waals surface area contributed by atoms with Crippen molar-refractivity contribution < 1.29 is 4.79 Å². The van der Waals surface area contributed by atoms with E-state index in [9.17, 15) is 4.79 Å². The molecule has 1 saturated carbocycles. The fraction of sp³-hybridized carbons (Fsp3) is 0.235. The smallest absolute Gasteiger partial charge is 0.255 e. The first-order chi connectivity index (χ1) is 12.0. The number of aromatic nitrogens is 4. The van der Waals surface area contributed by atoms with Crippen molar-refractivity contribution in [2.75, 3.05) is 5.73 Å². The lowest BCUT2D eigenvalue weighted by Crippen LogP contribution is -2.13. The van der Waals surface area contributed by atoms with Gasteiger partial charge in [0.1, 0.15) is 17.1 Å². The van der Waals surface area contributed by atoms with Gasteiger partial charge in [0.2, 0.25) is 0 Å². The van der Waals surface area contributed by atoms with E-state index < -0.39 is 5.91 Å². The number of aryl methyl sites for hydroxylation is 1. The van der Waals surface area contributed by atoms with Crippen molar-refractivity contribution in [1.29, 1.82) is 0 Å². The number of nitrogens with two attached hydrogens (primary N) is 2. The summed E-state index contributed by atoms with van der Waals surface area (Å²) in [5.41, 5.74) is 13.7. The minimum Gasteiger partial charge on any atom is -0.382 e. The van der Waals surface area contributed by atoms with Crippen LogP contribution in [-0.2, 0) is 0 Å². The van der Waals surface area contributed by atoms with Crippen LogP contribution < -0.4 is 11.5 Å². The lowest BCUT2D eigenvalue weighted by atomic mass is 10.1. The Labute approximate surface area is 148 Å². The first kappa shape index (κ1) is 15.5. The Kier molecular flexibility index (Phi) is 3.44. The standard InChI is InChI=1S/C17H15ClN6O/c1-8-21-13-6-9(11(18)7-14(13)24(8)10-3-4-10)2-5-12-15(17(20)25)16(19)23-22-12/h6-7,10H,3-4H2,1H3,(H2,20,25)(H3,19,22,23). The molecule has 0 atom stereocenters. The topological polar surface area (TPSA) is 116 Å². The van der Waals surface area contributed by atoms with Crippen molar-refractivity contribution in [3.8, 4) is 11.8 Å². The lowest BCUT2D eigenvalue weighted by Gasteiger charge is -2.04. The van der Waals surface area contributed by atoms with Gasteiger partial charge in [-0.25, -0.2) is 4.98 Å². The molecule has 0 unspecified atom stereocenters. The van der Waals surface area contributed by atoms with Crippen LogP contribution in [0.1, 0.15) is 46.3 Å². The molecule has 2 heterocycles. The number of benzene rings is 1. The predicted molar refractivity (Wildman–Crippen MR) is 95.2 cm³/mol. The van der Waals surface area contributed by atoms with Crippen LogP contribution in [0, 0.1) is 18.8 Å². The lowest BCUT2D eigenvalue weighted by molar-refractivity contribution is 0.100. The molecule has 2 aromatic heterocycles. The number of aromatic amines is 1. The highest BCUT2D eigenvalue weighted by molar-refractivity contribution is 6.32. The van der Waals surface area contributed by atoms with Crippen LogP contribution in [-0.4, -0.2) is 25.7 Å². The Morgan fingerprint density at radius 1 is 1.40 bits per heavy atom. The number of rotatable bonds is 2. The number of hydrogen-bond donors (Lipinski definition) is 3. The summed E-state index contributed by atoms with van der Waals surface area (Å²) in [6.45, 7) is 1.99.